The first kappa shape index (κ1) is 21.9. The van der Waals surface area contributed by atoms with E-state index in [4.69, 9.17) is 9.31 Å². The third kappa shape index (κ3) is 3.29. The fraction of sp³-hybridized carbons (Fsp3) is 0.600. The van der Waals surface area contributed by atoms with E-state index in [-0.39, 0.29) is 18.3 Å². The van der Waals surface area contributed by atoms with E-state index in [1.54, 1.807) is 0 Å². The summed E-state index contributed by atoms with van der Waals surface area (Å²) < 4.78 is 13.1. The fourth-order valence-electron chi connectivity index (χ4n) is 7.96. The van der Waals surface area contributed by atoms with Gasteiger partial charge in [0.1, 0.15) is 0 Å². The van der Waals surface area contributed by atoms with Crippen LogP contribution >= 0.6 is 0 Å². The summed E-state index contributed by atoms with van der Waals surface area (Å²) in [5, 5.41) is 0. The van der Waals surface area contributed by atoms with Crippen LogP contribution in [0.25, 0.3) is 11.1 Å². The first-order chi connectivity index (χ1) is 15.7. The summed E-state index contributed by atoms with van der Waals surface area (Å²) in [4.78, 5) is 0. The van der Waals surface area contributed by atoms with Crippen LogP contribution in [0.2, 0.25) is 0 Å². The molecule has 3 fully saturated rings. The summed E-state index contributed by atoms with van der Waals surface area (Å²) in [6.07, 6.45) is 5.68. The highest BCUT2D eigenvalue weighted by atomic mass is 16.7. The van der Waals surface area contributed by atoms with Gasteiger partial charge in [-0.2, -0.15) is 0 Å². The van der Waals surface area contributed by atoms with E-state index in [1.165, 1.54) is 53.4 Å². The number of hydrogen-bond acceptors (Lipinski definition) is 2. The number of fused-ring (bicyclic) bond motifs is 5. The zero-order chi connectivity index (χ0) is 23.1. The number of hydrogen-bond donors (Lipinski definition) is 0. The normalized spacial score (nSPS) is 35.9. The molecule has 0 amide bonds. The molecule has 2 nitrogen and oxygen atoms in total. The van der Waals surface area contributed by atoms with Gasteiger partial charge >= 0.3 is 7.12 Å². The highest BCUT2D eigenvalue weighted by molar-refractivity contribution is 6.64. The summed E-state index contributed by atoms with van der Waals surface area (Å²) in [5.74, 6) is 4.63. The summed E-state index contributed by atoms with van der Waals surface area (Å²) in [5.41, 5.74) is 6.38. The average molecular weight is 442 g/mol. The van der Waals surface area contributed by atoms with Crippen LogP contribution < -0.4 is 5.46 Å². The second-order valence-corrected chi connectivity index (χ2v) is 12.7. The molecule has 1 saturated heterocycles. The first-order valence-corrected chi connectivity index (χ1v) is 13.2. The lowest BCUT2D eigenvalue weighted by Gasteiger charge is -2.49. The molecule has 0 radical (unpaired) electrons. The van der Waals surface area contributed by atoms with Crippen molar-refractivity contribution >= 4 is 12.6 Å². The van der Waals surface area contributed by atoms with Crippen LogP contribution in [0, 0.1) is 29.6 Å². The maximum absolute atomic E-state index is 6.55. The molecular weight excluding hydrogens is 403 g/mol. The van der Waals surface area contributed by atoms with Crippen LogP contribution in [-0.2, 0) is 9.31 Å². The van der Waals surface area contributed by atoms with Crippen molar-refractivity contribution in [3.63, 3.8) is 0 Å². The lowest BCUT2D eigenvalue weighted by molar-refractivity contribution is 0.00578. The molecular formula is C30H39BO2. The van der Waals surface area contributed by atoms with Crippen LogP contribution in [0.1, 0.15) is 84.3 Å². The second kappa shape index (κ2) is 7.46. The largest absolute Gasteiger partial charge is 0.495 e. The predicted octanol–water partition coefficient (Wildman–Crippen LogP) is 6.81. The zero-order valence-electron chi connectivity index (χ0n) is 21.2. The number of benzene rings is 2. The third-order valence-electron chi connectivity index (χ3n) is 9.90. The summed E-state index contributed by atoms with van der Waals surface area (Å²) in [6, 6.07) is 16.1. The predicted molar refractivity (Wildman–Crippen MR) is 137 cm³/mol. The minimum absolute atomic E-state index is 0.320. The highest BCUT2D eigenvalue weighted by Crippen LogP contribution is 2.58. The molecule has 3 heteroatoms. The van der Waals surface area contributed by atoms with Gasteiger partial charge in [0.25, 0.3) is 0 Å². The topological polar surface area (TPSA) is 18.5 Å². The average Bonchev–Trinajstić information content (AvgIpc) is 3.18. The van der Waals surface area contributed by atoms with Gasteiger partial charge in [-0.3, -0.25) is 0 Å². The molecule has 1 aliphatic heterocycles. The van der Waals surface area contributed by atoms with Gasteiger partial charge in [-0.25, -0.2) is 0 Å². The quantitative estimate of drug-likeness (QED) is 0.476. The van der Waals surface area contributed by atoms with Gasteiger partial charge in [-0.15, -0.1) is 0 Å². The summed E-state index contributed by atoms with van der Waals surface area (Å²) in [6.45, 7) is 13.6. The van der Waals surface area contributed by atoms with Crippen molar-refractivity contribution in [2.45, 2.75) is 84.3 Å². The van der Waals surface area contributed by atoms with Crippen molar-refractivity contribution in [2.24, 2.45) is 29.6 Å². The van der Waals surface area contributed by atoms with Crippen molar-refractivity contribution in [3.8, 4) is 11.1 Å². The van der Waals surface area contributed by atoms with Gasteiger partial charge in [0, 0.05) is 5.92 Å². The molecule has 1 heterocycles. The molecule has 4 aliphatic rings. The monoisotopic (exact) mass is 442 g/mol. The molecule has 174 valence electrons. The summed E-state index contributed by atoms with van der Waals surface area (Å²) in [7, 11) is -0.320. The van der Waals surface area contributed by atoms with Crippen molar-refractivity contribution in [1.29, 1.82) is 0 Å². The maximum Gasteiger partial charge on any atom is 0.495 e. The van der Waals surface area contributed by atoms with Crippen LogP contribution in [0.4, 0.5) is 0 Å². The van der Waals surface area contributed by atoms with Crippen LogP contribution in [-0.4, -0.2) is 18.3 Å². The lowest BCUT2D eigenvalue weighted by Crippen LogP contribution is -2.41. The van der Waals surface area contributed by atoms with Crippen molar-refractivity contribution in [2.75, 3.05) is 0 Å². The molecule has 2 bridgehead atoms. The van der Waals surface area contributed by atoms with E-state index < -0.39 is 0 Å². The Hall–Kier alpha value is -1.58. The summed E-state index contributed by atoms with van der Waals surface area (Å²) >= 11 is 0. The molecule has 2 saturated carbocycles. The van der Waals surface area contributed by atoms with Gasteiger partial charge in [0.15, 0.2) is 0 Å². The molecule has 6 rings (SSSR count). The van der Waals surface area contributed by atoms with Crippen LogP contribution in [0.15, 0.2) is 42.5 Å². The van der Waals surface area contributed by atoms with Gasteiger partial charge in [0.05, 0.1) is 11.2 Å². The van der Waals surface area contributed by atoms with E-state index in [2.05, 4.69) is 84.0 Å². The molecule has 6 atom stereocenters. The smallest absolute Gasteiger partial charge is 0.399 e. The minimum atomic E-state index is -0.330. The molecule has 3 aliphatic carbocycles. The third-order valence-corrected chi connectivity index (χ3v) is 9.90. The van der Waals surface area contributed by atoms with E-state index in [9.17, 15) is 0 Å². The Morgan fingerprint density at radius 1 is 0.788 bits per heavy atom. The Morgan fingerprint density at radius 3 is 2.24 bits per heavy atom. The van der Waals surface area contributed by atoms with E-state index in [1.807, 2.05) is 0 Å². The Bertz CT molecular complexity index is 1050. The van der Waals surface area contributed by atoms with E-state index in [0.717, 1.165) is 29.6 Å². The SMILES string of the molecule is CC1CC2CC(C)C(C3c4ccccc4-c4c(B5OC(C)(C)C(C)(C)O5)cccc43)C(C1)C2. The first-order valence-electron chi connectivity index (χ1n) is 13.2. The molecule has 2 aromatic rings. The minimum Gasteiger partial charge on any atom is -0.399 e. The van der Waals surface area contributed by atoms with Gasteiger partial charge in [-0.05, 0) is 111 Å². The van der Waals surface area contributed by atoms with Crippen molar-refractivity contribution in [1.82, 2.24) is 0 Å². The van der Waals surface area contributed by atoms with Crippen molar-refractivity contribution in [3.05, 3.63) is 53.6 Å². The maximum atomic E-state index is 6.55. The van der Waals surface area contributed by atoms with E-state index in [0.29, 0.717) is 5.92 Å². The Labute approximate surface area is 200 Å². The molecule has 2 aromatic carbocycles. The molecule has 0 spiro atoms. The molecule has 0 aromatic heterocycles. The Balaban J connectivity index is 1.47. The standard InChI is InChI=1S/C30H39BO2/c1-18-14-20-16-19(2)26(21(15-18)17-20)28-23-11-8-7-10-22(23)27-24(28)12-9-13-25(27)31-32-29(3,4)30(5,6)33-31/h7-13,18-21,26,28H,14-17H2,1-6H3. The lowest BCUT2D eigenvalue weighted by atomic mass is 9.56. The Morgan fingerprint density at radius 2 is 1.48 bits per heavy atom. The van der Waals surface area contributed by atoms with Gasteiger partial charge in [-0.1, -0.05) is 56.3 Å². The highest BCUT2D eigenvalue weighted by Gasteiger charge is 2.53. The fourth-order valence-corrected chi connectivity index (χ4v) is 7.96. The van der Waals surface area contributed by atoms with Crippen molar-refractivity contribution < 1.29 is 9.31 Å². The van der Waals surface area contributed by atoms with Gasteiger partial charge < -0.3 is 9.31 Å². The Kier molecular flexibility index (Phi) is 4.96. The van der Waals surface area contributed by atoms with Gasteiger partial charge in [0.2, 0.25) is 0 Å². The second-order valence-electron chi connectivity index (χ2n) is 12.7. The molecule has 0 N–H and O–H groups in total. The van der Waals surface area contributed by atoms with Crippen LogP contribution in [0.5, 0.6) is 0 Å². The molecule has 6 unspecified atom stereocenters. The zero-order valence-corrected chi connectivity index (χ0v) is 21.2. The molecule has 33 heavy (non-hydrogen) atoms. The van der Waals surface area contributed by atoms with E-state index >= 15 is 0 Å². The van der Waals surface area contributed by atoms with Crippen LogP contribution in [0.3, 0.4) is 0 Å². The number of rotatable bonds is 2.